The van der Waals surface area contributed by atoms with Gasteiger partial charge in [0.15, 0.2) is 0 Å². The van der Waals surface area contributed by atoms with Crippen LogP contribution in [-0.4, -0.2) is 29.7 Å². The molecule has 0 saturated heterocycles. The predicted octanol–water partition coefficient (Wildman–Crippen LogP) is 3.35. The second-order valence-corrected chi connectivity index (χ2v) is 6.76. The minimum Gasteiger partial charge on any atom is -0.460 e. The Morgan fingerprint density at radius 3 is 2.32 bits per heavy atom. The van der Waals surface area contributed by atoms with Gasteiger partial charge in [-0.25, -0.2) is 0 Å². The van der Waals surface area contributed by atoms with E-state index in [-0.39, 0.29) is 25.7 Å². The Labute approximate surface area is 128 Å². The largest absolute Gasteiger partial charge is 0.460 e. The maximum Gasteiger partial charge on any atom is 0.391 e. The second kappa shape index (κ2) is 7.33. The molecule has 1 rings (SSSR count). The van der Waals surface area contributed by atoms with Gasteiger partial charge in [-0.15, -0.1) is 0 Å². The van der Waals surface area contributed by atoms with E-state index in [0.29, 0.717) is 12.8 Å². The first-order chi connectivity index (χ1) is 9.97. The van der Waals surface area contributed by atoms with Crippen molar-refractivity contribution >= 4 is 11.9 Å². The van der Waals surface area contributed by atoms with Crippen molar-refractivity contribution in [2.24, 2.45) is 5.92 Å². The molecule has 7 heteroatoms. The summed E-state index contributed by atoms with van der Waals surface area (Å²) in [6.07, 6.45) is -3.32. The molecule has 0 aliphatic heterocycles. The summed E-state index contributed by atoms with van der Waals surface area (Å²) in [6, 6.07) is -0.466. The number of carbonyl (C=O) groups excluding carboxylic acids is 2. The average Bonchev–Trinajstić information content (AvgIpc) is 2.34. The molecule has 1 amide bonds. The Hall–Kier alpha value is -1.27. The molecule has 128 valence electrons. The zero-order valence-corrected chi connectivity index (χ0v) is 13.3. The summed E-state index contributed by atoms with van der Waals surface area (Å²) in [5, 5.41) is 2.59. The van der Waals surface area contributed by atoms with Gasteiger partial charge in [0, 0.05) is 12.5 Å². The van der Waals surface area contributed by atoms with E-state index in [0.717, 1.165) is 0 Å². The van der Waals surface area contributed by atoms with Gasteiger partial charge in [-0.05, 0) is 40.0 Å². The Bertz CT molecular complexity index is 402. The number of ether oxygens (including phenoxy) is 1. The third kappa shape index (κ3) is 7.13. The molecule has 1 saturated carbocycles. The van der Waals surface area contributed by atoms with Gasteiger partial charge in [-0.2, -0.15) is 13.2 Å². The quantitative estimate of drug-likeness (QED) is 0.807. The Kier molecular flexibility index (Phi) is 6.26. The summed E-state index contributed by atoms with van der Waals surface area (Å²) >= 11 is 0. The van der Waals surface area contributed by atoms with Gasteiger partial charge >= 0.3 is 12.1 Å². The van der Waals surface area contributed by atoms with E-state index in [1.165, 1.54) is 0 Å². The smallest absolute Gasteiger partial charge is 0.391 e. The lowest BCUT2D eigenvalue weighted by Gasteiger charge is -2.31. The number of amides is 1. The van der Waals surface area contributed by atoms with Gasteiger partial charge in [0.1, 0.15) is 5.60 Å². The molecule has 1 N–H and O–H groups in total. The molecule has 1 fully saturated rings. The average molecular weight is 323 g/mol. The van der Waals surface area contributed by atoms with Crippen molar-refractivity contribution in [3.05, 3.63) is 0 Å². The van der Waals surface area contributed by atoms with E-state index in [9.17, 15) is 22.8 Å². The van der Waals surface area contributed by atoms with Gasteiger partial charge in [0.05, 0.1) is 12.3 Å². The Morgan fingerprint density at radius 1 is 1.14 bits per heavy atom. The highest BCUT2D eigenvalue weighted by Crippen LogP contribution is 2.37. The number of carbonyl (C=O) groups is 2. The molecule has 0 spiro atoms. The third-order valence-electron chi connectivity index (χ3n) is 3.48. The van der Waals surface area contributed by atoms with Crippen LogP contribution >= 0.6 is 0 Å². The number of hydrogen-bond acceptors (Lipinski definition) is 3. The SMILES string of the molecule is CC(C)(C)OC(=O)CCC(=O)N[C@H]1CCC[C@H](C(F)(F)F)C1. The molecular weight excluding hydrogens is 299 g/mol. The highest BCUT2D eigenvalue weighted by molar-refractivity contribution is 5.81. The fraction of sp³-hybridized carbons (Fsp3) is 0.867. The number of rotatable bonds is 4. The molecule has 1 aliphatic rings. The van der Waals surface area contributed by atoms with Crippen LogP contribution in [0.25, 0.3) is 0 Å². The molecule has 0 radical (unpaired) electrons. The first kappa shape index (κ1) is 18.8. The maximum absolute atomic E-state index is 12.7. The van der Waals surface area contributed by atoms with Crippen LogP contribution in [0.5, 0.6) is 0 Å². The number of hydrogen-bond donors (Lipinski definition) is 1. The minimum atomic E-state index is -4.21. The molecule has 4 nitrogen and oxygen atoms in total. The fourth-order valence-electron chi connectivity index (χ4n) is 2.53. The first-order valence-corrected chi connectivity index (χ1v) is 7.55. The number of nitrogens with one attached hydrogen (secondary N) is 1. The summed E-state index contributed by atoms with van der Waals surface area (Å²) < 4.78 is 43.1. The summed E-state index contributed by atoms with van der Waals surface area (Å²) in [5.74, 6) is -2.24. The summed E-state index contributed by atoms with van der Waals surface area (Å²) in [5.41, 5.74) is -0.614. The summed E-state index contributed by atoms with van der Waals surface area (Å²) in [7, 11) is 0. The van der Waals surface area contributed by atoms with E-state index < -0.39 is 35.6 Å². The van der Waals surface area contributed by atoms with Crippen LogP contribution in [0, 0.1) is 5.92 Å². The molecule has 0 heterocycles. The van der Waals surface area contributed by atoms with E-state index in [1.807, 2.05) is 0 Å². The highest BCUT2D eigenvalue weighted by atomic mass is 19.4. The van der Waals surface area contributed by atoms with Crippen molar-refractivity contribution in [2.45, 2.75) is 77.1 Å². The van der Waals surface area contributed by atoms with Crippen molar-refractivity contribution in [3.8, 4) is 0 Å². The summed E-state index contributed by atoms with van der Waals surface area (Å²) in [6.45, 7) is 5.18. The van der Waals surface area contributed by atoms with Gasteiger partial charge in [0.2, 0.25) is 5.91 Å². The van der Waals surface area contributed by atoms with Crippen LogP contribution in [0.15, 0.2) is 0 Å². The standard InChI is InChI=1S/C15H24F3NO3/c1-14(2,3)22-13(21)8-7-12(20)19-11-6-4-5-10(9-11)15(16,17)18/h10-11H,4-9H2,1-3H3,(H,19,20)/t10-,11-/m0/s1. The molecule has 0 aromatic heterocycles. The normalized spacial score (nSPS) is 23.0. The van der Waals surface area contributed by atoms with Crippen LogP contribution in [-0.2, 0) is 14.3 Å². The zero-order chi connectivity index (χ0) is 17.0. The molecular formula is C15H24F3NO3. The molecule has 0 aromatic carbocycles. The van der Waals surface area contributed by atoms with E-state index in [1.54, 1.807) is 20.8 Å². The van der Waals surface area contributed by atoms with Gasteiger partial charge in [-0.1, -0.05) is 6.42 Å². The zero-order valence-electron chi connectivity index (χ0n) is 13.3. The number of halogens is 3. The van der Waals surface area contributed by atoms with Crippen molar-refractivity contribution < 1.29 is 27.5 Å². The summed E-state index contributed by atoms with van der Waals surface area (Å²) in [4.78, 5) is 23.2. The minimum absolute atomic E-state index is 0.0674. The van der Waals surface area contributed by atoms with Crippen molar-refractivity contribution in [3.63, 3.8) is 0 Å². The van der Waals surface area contributed by atoms with Gasteiger partial charge < -0.3 is 10.1 Å². The Morgan fingerprint density at radius 2 is 1.77 bits per heavy atom. The second-order valence-electron chi connectivity index (χ2n) is 6.76. The van der Waals surface area contributed by atoms with Crippen LogP contribution in [0.1, 0.15) is 59.3 Å². The lowest BCUT2D eigenvalue weighted by atomic mass is 9.85. The maximum atomic E-state index is 12.7. The molecule has 22 heavy (non-hydrogen) atoms. The Balaban J connectivity index is 2.34. The van der Waals surface area contributed by atoms with E-state index >= 15 is 0 Å². The van der Waals surface area contributed by atoms with Gasteiger partial charge in [0.25, 0.3) is 0 Å². The molecule has 0 aromatic rings. The van der Waals surface area contributed by atoms with Gasteiger partial charge in [-0.3, -0.25) is 9.59 Å². The third-order valence-corrected chi connectivity index (χ3v) is 3.48. The number of alkyl halides is 3. The fourth-order valence-corrected chi connectivity index (χ4v) is 2.53. The van der Waals surface area contributed by atoms with Crippen LogP contribution in [0.2, 0.25) is 0 Å². The van der Waals surface area contributed by atoms with Crippen molar-refractivity contribution in [2.75, 3.05) is 0 Å². The van der Waals surface area contributed by atoms with Crippen molar-refractivity contribution in [1.29, 1.82) is 0 Å². The topological polar surface area (TPSA) is 55.4 Å². The molecule has 0 bridgehead atoms. The lowest BCUT2D eigenvalue weighted by molar-refractivity contribution is -0.184. The van der Waals surface area contributed by atoms with E-state index in [4.69, 9.17) is 4.74 Å². The predicted molar refractivity (Wildman–Crippen MR) is 75.0 cm³/mol. The van der Waals surface area contributed by atoms with Crippen LogP contribution in [0.3, 0.4) is 0 Å². The van der Waals surface area contributed by atoms with Crippen molar-refractivity contribution in [1.82, 2.24) is 5.32 Å². The van der Waals surface area contributed by atoms with Crippen LogP contribution < -0.4 is 5.32 Å². The molecule has 2 atom stereocenters. The van der Waals surface area contributed by atoms with E-state index in [2.05, 4.69) is 5.32 Å². The monoisotopic (exact) mass is 323 g/mol. The molecule has 0 unspecified atom stereocenters. The highest BCUT2D eigenvalue weighted by Gasteiger charge is 2.42. The van der Waals surface area contributed by atoms with Crippen LogP contribution in [0.4, 0.5) is 13.2 Å². The first-order valence-electron chi connectivity index (χ1n) is 7.55. The lowest BCUT2D eigenvalue weighted by Crippen LogP contribution is -2.41. The number of esters is 1. The molecule has 1 aliphatic carbocycles.